The lowest BCUT2D eigenvalue weighted by Crippen LogP contribution is -2.39. The normalized spacial score (nSPS) is 13.9. The molecule has 1 aliphatic rings. The van der Waals surface area contributed by atoms with Crippen molar-refractivity contribution >= 4 is 33.8 Å². The monoisotopic (exact) mass is 290 g/mol. The minimum absolute atomic E-state index is 0.554. The molecular weight excluding hydrogens is 276 g/mol. The van der Waals surface area contributed by atoms with Crippen LogP contribution in [0.4, 0.5) is 5.13 Å². The van der Waals surface area contributed by atoms with Gasteiger partial charge in [-0.2, -0.15) is 0 Å². The van der Waals surface area contributed by atoms with Crippen molar-refractivity contribution in [2.45, 2.75) is 18.9 Å². The molecule has 1 heterocycles. The number of hydrazine groups is 1. The zero-order valence-electron chi connectivity index (χ0n) is 10.2. The smallest absolute Gasteiger partial charge is 0.202 e. The molecule has 2 aromatic rings. The van der Waals surface area contributed by atoms with E-state index < -0.39 is 0 Å². The van der Waals surface area contributed by atoms with E-state index in [9.17, 15) is 0 Å². The Labute approximate surface area is 121 Å². The van der Waals surface area contributed by atoms with Gasteiger partial charge in [0.1, 0.15) is 0 Å². The zero-order chi connectivity index (χ0) is 13.1. The van der Waals surface area contributed by atoms with Gasteiger partial charge < -0.3 is 5.32 Å². The number of rotatable bonds is 4. The quantitative estimate of drug-likeness (QED) is 0.597. The predicted octanol–water partition coefficient (Wildman–Crippen LogP) is 2.76. The SMILES string of the molecule is S=C(NNc1nc(-c2ccccc2)cs1)NC1CC1. The van der Waals surface area contributed by atoms with Crippen LogP contribution in [0.25, 0.3) is 11.3 Å². The van der Waals surface area contributed by atoms with Crippen molar-refractivity contribution in [3.8, 4) is 11.3 Å². The third-order valence-corrected chi connectivity index (χ3v) is 3.75. The highest BCUT2D eigenvalue weighted by Gasteiger charge is 2.21. The minimum atomic E-state index is 0.554. The molecule has 0 unspecified atom stereocenters. The van der Waals surface area contributed by atoms with E-state index in [1.54, 1.807) is 11.3 Å². The summed E-state index contributed by atoms with van der Waals surface area (Å²) in [5.41, 5.74) is 8.06. The summed E-state index contributed by atoms with van der Waals surface area (Å²) in [4.78, 5) is 4.50. The van der Waals surface area contributed by atoms with Gasteiger partial charge in [0.25, 0.3) is 0 Å². The molecule has 1 fully saturated rings. The van der Waals surface area contributed by atoms with Crippen molar-refractivity contribution in [3.05, 3.63) is 35.7 Å². The maximum Gasteiger partial charge on any atom is 0.202 e. The highest BCUT2D eigenvalue weighted by Crippen LogP contribution is 2.24. The first kappa shape index (κ1) is 12.4. The average molecular weight is 290 g/mol. The molecule has 3 N–H and O–H groups in total. The van der Waals surface area contributed by atoms with E-state index >= 15 is 0 Å². The summed E-state index contributed by atoms with van der Waals surface area (Å²) in [7, 11) is 0. The van der Waals surface area contributed by atoms with E-state index in [1.165, 1.54) is 12.8 Å². The molecule has 0 spiro atoms. The molecule has 1 aromatic carbocycles. The molecule has 0 saturated heterocycles. The highest BCUT2D eigenvalue weighted by molar-refractivity contribution is 7.80. The van der Waals surface area contributed by atoms with Crippen LogP contribution in [0.2, 0.25) is 0 Å². The first-order valence-electron chi connectivity index (χ1n) is 6.15. The Morgan fingerprint density at radius 1 is 1.26 bits per heavy atom. The van der Waals surface area contributed by atoms with Gasteiger partial charge in [0.15, 0.2) is 5.11 Å². The number of aromatic nitrogens is 1. The third-order valence-electron chi connectivity index (χ3n) is 2.77. The van der Waals surface area contributed by atoms with E-state index in [0.717, 1.165) is 16.4 Å². The number of hydrogen-bond donors (Lipinski definition) is 3. The van der Waals surface area contributed by atoms with Gasteiger partial charge in [0, 0.05) is 17.0 Å². The van der Waals surface area contributed by atoms with Crippen molar-refractivity contribution in [2.75, 3.05) is 5.43 Å². The number of nitrogens with one attached hydrogen (secondary N) is 3. The van der Waals surface area contributed by atoms with E-state index in [2.05, 4.69) is 21.2 Å². The summed E-state index contributed by atoms with van der Waals surface area (Å²) in [5.74, 6) is 0. The average Bonchev–Trinajstić information content (AvgIpc) is 3.12. The largest absolute Gasteiger partial charge is 0.359 e. The second-order valence-electron chi connectivity index (χ2n) is 4.40. The molecule has 98 valence electrons. The second-order valence-corrected chi connectivity index (χ2v) is 5.67. The predicted molar refractivity (Wildman–Crippen MR) is 83.1 cm³/mol. The zero-order valence-corrected chi connectivity index (χ0v) is 11.9. The Morgan fingerprint density at radius 2 is 2.05 bits per heavy atom. The van der Waals surface area contributed by atoms with Gasteiger partial charge in [-0.3, -0.25) is 10.9 Å². The molecule has 1 aliphatic carbocycles. The van der Waals surface area contributed by atoms with Gasteiger partial charge in [-0.15, -0.1) is 11.3 Å². The molecule has 19 heavy (non-hydrogen) atoms. The molecular formula is C13H14N4S2. The number of thiocarbonyl (C=S) groups is 1. The fraction of sp³-hybridized carbons (Fsp3) is 0.231. The fourth-order valence-electron chi connectivity index (χ4n) is 1.63. The maximum atomic E-state index is 5.16. The van der Waals surface area contributed by atoms with Crippen LogP contribution in [-0.2, 0) is 0 Å². The molecule has 4 nitrogen and oxygen atoms in total. The molecule has 1 saturated carbocycles. The molecule has 0 bridgehead atoms. The molecule has 6 heteroatoms. The van der Waals surface area contributed by atoms with Crippen LogP contribution in [0.15, 0.2) is 35.7 Å². The molecule has 0 amide bonds. The Bertz CT molecular complexity index is 563. The van der Waals surface area contributed by atoms with E-state index in [0.29, 0.717) is 11.2 Å². The summed E-state index contributed by atoms with van der Waals surface area (Å²) in [5, 5.41) is 6.65. The first-order chi connectivity index (χ1) is 9.31. The van der Waals surface area contributed by atoms with Crippen LogP contribution >= 0.6 is 23.6 Å². The summed E-state index contributed by atoms with van der Waals surface area (Å²) < 4.78 is 0. The number of thiazole rings is 1. The Balaban J connectivity index is 1.57. The van der Waals surface area contributed by atoms with Gasteiger partial charge in [0.05, 0.1) is 5.69 Å². The van der Waals surface area contributed by atoms with Crippen molar-refractivity contribution in [1.82, 2.24) is 15.7 Å². The van der Waals surface area contributed by atoms with Crippen molar-refractivity contribution in [3.63, 3.8) is 0 Å². The lowest BCUT2D eigenvalue weighted by atomic mass is 10.2. The lowest BCUT2D eigenvalue weighted by molar-refractivity contribution is 0.879. The molecule has 0 radical (unpaired) electrons. The van der Waals surface area contributed by atoms with E-state index in [1.807, 2.05) is 35.7 Å². The van der Waals surface area contributed by atoms with Crippen LogP contribution in [0.1, 0.15) is 12.8 Å². The maximum absolute atomic E-state index is 5.16. The van der Waals surface area contributed by atoms with Crippen molar-refractivity contribution in [1.29, 1.82) is 0 Å². The number of benzene rings is 1. The molecule has 0 aliphatic heterocycles. The summed E-state index contributed by atoms with van der Waals surface area (Å²) in [6.07, 6.45) is 2.41. The third kappa shape index (κ3) is 3.42. The van der Waals surface area contributed by atoms with Crippen LogP contribution < -0.4 is 16.2 Å². The summed E-state index contributed by atoms with van der Waals surface area (Å²) in [6.45, 7) is 0. The van der Waals surface area contributed by atoms with E-state index in [-0.39, 0.29) is 0 Å². The topological polar surface area (TPSA) is 49.0 Å². The van der Waals surface area contributed by atoms with E-state index in [4.69, 9.17) is 12.2 Å². The molecule has 0 atom stereocenters. The van der Waals surface area contributed by atoms with Crippen LogP contribution in [0.5, 0.6) is 0 Å². The minimum Gasteiger partial charge on any atom is -0.359 e. The van der Waals surface area contributed by atoms with Gasteiger partial charge in [0.2, 0.25) is 5.13 Å². The van der Waals surface area contributed by atoms with Gasteiger partial charge in [-0.1, -0.05) is 30.3 Å². The summed E-state index contributed by atoms with van der Waals surface area (Å²) in [6, 6.07) is 10.7. The Hall–Kier alpha value is -1.66. The Kier molecular flexibility index (Phi) is 3.61. The second kappa shape index (κ2) is 5.54. The summed E-state index contributed by atoms with van der Waals surface area (Å²) >= 11 is 6.71. The standard InChI is InChI=1S/C13H14N4S2/c18-12(14-10-6-7-10)16-17-13-15-11(8-19-13)9-4-2-1-3-5-9/h1-5,8,10H,6-7H2,(H,15,17)(H2,14,16,18). The van der Waals surface area contributed by atoms with Crippen molar-refractivity contribution in [2.24, 2.45) is 0 Å². The fourth-order valence-corrected chi connectivity index (χ4v) is 2.52. The number of anilines is 1. The molecule has 1 aromatic heterocycles. The molecule has 3 rings (SSSR count). The van der Waals surface area contributed by atoms with Crippen LogP contribution in [0.3, 0.4) is 0 Å². The first-order valence-corrected chi connectivity index (χ1v) is 7.43. The van der Waals surface area contributed by atoms with Crippen molar-refractivity contribution < 1.29 is 0 Å². The highest BCUT2D eigenvalue weighted by atomic mass is 32.1. The van der Waals surface area contributed by atoms with Gasteiger partial charge in [-0.05, 0) is 25.1 Å². The van der Waals surface area contributed by atoms with Crippen LogP contribution in [-0.4, -0.2) is 16.1 Å². The van der Waals surface area contributed by atoms with Crippen LogP contribution in [0, 0.1) is 0 Å². The number of hydrogen-bond acceptors (Lipinski definition) is 4. The van der Waals surface area contributed by atoms with Gasteiger partial charge in [-0.25, -0.2) is 4.98 Å². The van der Waals surface area contributed by atoms with Gasteiger partial charge >= 0.3 is 0 Å². The Morgan fingerprint density at radius 3 is 2.79 bits per heavy atom. The lowest BCUT2D eigenvalue weighted by Gasteiger charge is -2.09. The number of nitrogens with zero attached hydrogens (tertiary/aromatic N) is 1.